The van der Waals surface area contributed by atoms with E-state index < -0.39 is 0 Å². The van der Waals surface area contributed by atoms with E-state index in [1.807, 2.05) is 7.05 Å². The summed E-state index contributed by atoms with van der Waals surface area (Å²) in [6, 6.07) is 2.40. The lowest BCUT2D eigenvalue weighted by Gasteiger charge is -2.25. The molecule has 2 atom stereocenters. The van der Waals surface area contributed by atoms with E-state index in [2.05, 4.69) is 11.0 Å². The van der Waals surface area contributed by atoms with Crippen molar-refractivity contribution in [3.63, 3.8) is 0 Å². The van der Waals surface area contributed by atoms with Crippen molar-refractivity contribution in [3.8, 4) is 6.07 Å². The Hall–Kier alpha value is -0.590. The van der Waals surface area contributed by atoms with Crippen molar-refractivity contribution in [2.24, 2.45) is 0 Å². The Bertz CT molecular complexity index is 176. The van der Waals surface area contributed by atoms with E-state index in [1.165, 1.54) is 0 Å². The van der Waals surface area contributed by atoms with Gasteiger partial charge in [-0.1, -0.05) is 0 Å². The van der Waals surface area contributed by atoms with Crippen LogP contribution >= 0.6 is 0 Å². The molecule has 0 radical (unpaired) electrons. The summed E-state index contributed by atoms with van der Waals surface area (Å²) in [7, 11) is 1.98. The second-order valence-electron chi connectivity index (χ2n) is 3.45. The largest absolute Gasteiger partial charge is 0.391 e. The molecule has 1 aliphatic rings. The maximum atomic E-state index is 9.53. The van der Waals surface area contributed by atoms with Gasteiger partial charge in [-0.05, 0) is 26.3 Å². The van der Waals surface area contributed by atoms with E-state index in [0.717, 1.165) is 25.8 Å². The SMILES string of the molecule is CN(CCC#N)C1CCCC1O. The summed E-state index contributed by atoms with van der Waals surface area (Å²) in [4.78, 5) is 2.10. The number of aliphatic hydroxyl groups is 1. The van der Waals surface area contributed by atoms with Crippen molar-refractivity contribution in [2.75, 3.05) is 13.6 Å². The van der Waals surface area contributed by atoms with E-state index in [0.29, 0.717) is 12.5 Å². The van der Waals surface area contributed by atoms with Crippen LogP contribution in [0.4, 0.5) is 0 Å². The van der Waals surface area contributed by atoms with Crippen molar-refractivity contribution >= 4 is 0 Å². The smallest absolute Gasteiger partial charge is 0.0695 e. The summed E-state index contributed by atoms with van der Waals surface area (Å²) in [5, 5.41) is 17.9. The highest BCUT2D eigenvalue weighted by Gasteiger charge is 2.27. The van der Waals surface area contributed by atoms with Crippen LogP contribution in [0.25, 0.3) is 0 Å². The van der Waals surface area contributed by atoms with Gasteiger partial charge >= 0.3 is 0 Å². The highest BCUT2D eigenvalue weighted by molar-refractivity contribution is 4.85. The summed E-state index contributed by atoms with van der Waals surface area (Å²) in [6.45, 7) is 0.776. The molecule has 0 saturated heterocycles. The third-order valence-electron chi connectivity index (χ3n) is 2.59. The number of rotatable bonds is 3. The molecule has 0 bridgehead atoms. The first kappa shape index (κ1) is 9.50. The molecule has 0 aromatic rings. The van der Waals surface area contributed by atoms with Crippen molar-refractivity contribution in [1.29, 1.82) is 5.26 Å². The molecule has 12 heavy (non-hydrogen) atoms. The fourth-order valence-corrected chi connectivity index (χ4v) is 1.83. The Labute approximate surface area is 73.6 Å². The van der Waals surface area contributed by atoms with Gasteiger partial charge in [0.05, 0.1) is 12.2 Å². The molecular formula is C9H16N2O. The van der Waals surface area contributed by atoms with Crippen molar-refractivity contribution in [1.82, 2.24) is 4.90 Å². The molecule has 0 spiro atoms. The lowest BCUT2D eigenvalue weighted by Crippen LogP contribution is -2.37. The van der Waals surface area contributed by atoms with Crippen LogP contribution < -0.4 is 0 Å². The summed E-state index contributed by atoms with van der Waals surface area (Å²) in [5.74, 6) is 0. The minimum absolute atomic E-state index is 0.173. The van der Waals surface area contributed by atoms with Gasteiger partial charge in [0.2, 0.25) is 0 Å². The maximum Gasteiger partial charge on any atom is 0.0695 e. The van der Waals surface area contributed by atoms with Crippen LogP contribution in [-0.2, 0) is 0 Å². The predicted molar refractivity (Wildman–Crippen MR) is 46.5 cm³/mol. The lowest BCUT2D eigenvalue weighted by molar-refractivity contribution is 0.0876. The number of aliphatic hydroxyl groups excluding tert-OH is 1. The molecule has 3 heteroatoms. The first-order valence-corrected chi connectivity index (χ1v) is 4.51. The monoisotopic (exact) mass is 168 g/mol. The quantitative estimate of drug-likeness (QED) is 0.676. The van der Waals surface area contributed by atoms with E-state index in [9.17, 15) is 5.11 Å². The molecule has 1 N–H and O–H groups in total. The van der Waals surface area contributed by atoms with Gasteiger partial charge in [0.15, 0.2) is 0 Å². The third kappa shape index (κ3) is 2.20. The van der Waals surface area contributed by atoms with E-state index in [-0.39, 0.29) is 6.10 Å². The average molecular weight is 168 g/mol. The molecule has 1 aliphatic carbocycles. The molecule has 0 aromatic carbocycles. The van der Waals surface area contributed by atoms with Crippen LogP contribution in [0.3, 0.4) is 0 Å². The minimum Gasteiger partial charge on any atom is -0.391 e. The van der Waals surface area contributed by atoms with Gasteiger partial charge in [0, 0.05) is 19.0 Å². The van der Waals surface area contributed by atoms with Crippen LogP contribution in [-0.4, -0.2) is 35.7 Å². The molecule has 0 aliphatic heterocycles. The van der Waals surface area contributed by atoms with Crippen molar-refractivity contribution < 1.29 is 5.11 Å². The number of hydrogen-bond acceptors (Lipinski definition) is 3. The zero-order chi connectivity index (χ0) is 8.97. The summed E-state index contributed by atoms with van der Waals surface area (Å²) in [6.07, 6.45) is 3.49. The van der Waals surface area contributed by atoms with E-state index in [4.69, 9.17) is 5.26 Å². The molecule has 1 saturated carbocycles. The standard InChI is InChI=1S/C9H16N2O/c1-11(7-3-6-10)8-4-2-5-9(8)12/h8-9,12H,2-5,7H2,1H3. The number of likely N-dealkylation sites (N-methyl/N-ethyl adjacent to an activating group) is 1. The average Bonchev–Trinajstić information content (AvgIpc) is 2.47. The molecule has 0 aromatic heterocycles. The first-order chi connectivity index (χ1) is 5.75. The highest BCUT2D eigenvalue weighted by atomic mass is 16.3. The molecule has 1 fully saturated rings. The zero-order valence-corrected chi connectivity index (χ0v) is 7.53. The van der Waals surface area contributed by atoms with E-state index >= 15 is 0 Å². The van der Waals surface area contributed by atoms with Gasteiger partial charge in [-0.3, -0.25) is 4.90 Å². The topological polar surface area (TPSA) is 47.3 Å². The molecule has 2 unspecified atom stereocenters. The molecular weight excluding hydrogens is 152 g/mol. The Kier molecular flexibility index (Phi) is 3.51. The normalized spacial score (nSPS) is 29.2. The Morgan fingerprint density at radius 1 is 1.58 bits per heavy atom. The van der Waals surface area contributed by atoms with Gasteiger partial charge in [-0.25, -0.2) is 0 Å². The molecule has 1 rings (SSSR count). The molecule has 68 valence electrons. The molecule has 0 amide bonds. The van der Waals surface area contributed by atoms with Gasteiger partial charge in [0.25, 0.3) is 0 Å². The summed E-state index contributed by atoms with van der Waals surface area (Å²) in [5.41, 5.74) is 0. The third-order valence-corrected chi connectivity index (χ3v) is 2.59. The maximum absolute atomic E-state index is 9.53. The Morgan fingerprint density at radius 2 is 2.33 bits per heavy atom. The van der Waals surface area contributed by atoms with E-state index in [1.54, 1.807) is 0 Å². The van der Waals surface area contributed by atoms with Crippen LogP contribution in [0.1, 0.15) is 25.7 Å². The predicted octanol–water partition coefficient (Wildman–Crippen LogP) is 0.745. The lowest BCUT2D eigenvalue weighted by atomic mass is 10.2. The van der Waals surface area contributed by atoms with Crippen LogP contribution in [0.5, 0.6) is 0 Å². The minimum atomic E-state index is -0.173. The van der Waals surface area contributed by atoms with Crippen LogP contribution in [0, 0.1) is 11.3 Å². The summed E-state index contributed by atoms with van der Waals surface area (Å²) >= 11 is 0. The number of nitriles is 1. The zero-order valence-electron chi connectivity index (χ0n) is 7.53. The fourth-order valence-electron chi connectivity index (χ4n) is 1.83. The highest BCUT2D eigenvalue weighted by Crippen LogP contribution is 2.22. The fraction of sp³-hybridized carbons (Fsp3) is 0.889. The molecule has 0 heterocycles. The Morgan fingerprint density at radius 3 is 2.83 bits per heavy atom. The van der Waals surface area contributed by atoms with Gasteiger partial charge in [-0.2, -0.15) is 5.26 Å². The first-order valence-electron chi connectivity index (χ1n) is 4.51. The second-order valence-corrected chi connectivity index (χ2v) is 3.45. The number of hydrogen-bond donors (Lipinski definition) is 1. The van der Waals surface area contributed by atoms with Crippen LogP contribution in [0.2, 0.25) is 0 Å². The summed E-state index contributed by atoms with van der Waals surface area (Å²) < 4.78 is 0. The van der Waals surface area contributed by atoms with Gasteiger partial charge in [0.1, 0.15) is 0 Å². The van der Waals surface area contributed by atoms with Gasteiger partial charge in [-0.15, -0.1) is 0 Å². The van der Waals surface area contributed by atoms with Crippen LogP contribution in [0.15, 0.2) is 0 Å². The molecule has 3 nitrogen and oxygen atoms in total. The number of nitrogens with zero attached hydrogens (tertiary/aromatic N) is 2. The Balaban J connectivity index is 2.31. The van der Waals surface area contributed by atoms with Crippen molar-refractivity contribution in [2.45, 2.75) is 37.8 Å². The van der Waals surface area contributed by atoms with Gasteiger partial charge < -0.3 is 5.11 Å². The van der Waals surface area contributed by atoms with Crippen molar-refractivity contribution in [3.05, 3.63) is 0 Å². The second kappa shape index (κ2) is 4.44.